The topological polar surface area (TPSA) is 49.3 Å². The van der Waals surface area contributed by atoms with Gasteiger partial charge in [-0.3, -0.25) is 4.79 Å². The maximum atomic E-state index is 13.0. The lowest BCUT2D eigenvalue weighted by molar-refractivity contribution is -0.139. The second-order valence-corrected chi connectivity index (χ2v) is 4.65. The van der Waals surface area contributed by atoms with Gasteiger partial charge in [0.15, 0.2) is 0 Å². The number of nitrogens with one attached hydrogen (secondary N) is 1. The van der Waals surface area contributed by atoms with Crippen molar-refractivity contribution < 1.29 is 14.3 Å². The van der Waals surface area contributed by atoms with Crippen LogP contribution in [0.15, 0.2) is 18.2 Å². The molecular weight excluding hydrogens is 245 g/mol. The molecule has 0 spiro atoms. The molecule has 0 amide bonds. The lowest BCUT2D eigenvalue weighted by Crippen LogP contribution is -2.31. The predicted octanol–water partition coefficient (Wildman–Crippen LogP) is 2.85. The van der Waals surface area contributed by atoms with Crippen LogP contribution in [-0.2, 0) is 4.79 Å². The average Bonchev–Trinajstić information content (AvgIpc) is 2.22. The number of benzene rings is 1. The van der Waals surface area contributed by atoms with Gasteiger partial charge in [-0.15, -0.1) is 0 Å². The average molecular weight is 260 g/mol. The second kappa shape index (κ2) is 5.98. The van der Waals surface area contributed by atoms with Crippen LogP contribution in [0, 0.1) is 11.7 Å². The smallest absolute Gasteiger partial charge is 0.325 e. The van der Waals surface area contributed by atoms with Gasteiger partial charge in [-0.2, -0.15) is 0 Å². The van der Waals surface area contributed by atoms with Crippen LogP contribution >= 0.6 is 11.6 Å². The summed E-state index contributed by atoms with van der Waals surface area (Å²) < 4.78 is 13.0. The number of aliphatic carboxylic acids is 1. The van der Waals surface area contributed by atoms with E-state index in [2.05, 4.69) is 5.32 Å². The Morgan fingerprint density at radius 3 is 2.65 bits per heavy atom. The largest absolute Gasteiger partial charge is 0.480 e. The highest BCUT2D eigenvalue weighted by molar-refractivity contribution is 6.30. The van der Waals surface area contributed by atoms with E-state index in [-0.39, 0.29) is 5.02 Å². The first kappa shape index (κ1) is 13.9. The van der Waals surface area contributed by atoms with Gasteiger partial charge in [-0.25, -0.2) is 4.39 Å². The fourth-order valence-corrected chi connectivity index (χ4v) is 1.58. The quantitative estimate of drug-likeness (QED) is 0.855. The van der Waals surface area contributed by atoms with Gasteiger partial charge in [0.05, 0.1) is 5.02 Å². The third kappa shape index (κ3) is 3.98. The molecule has 0 aliphatic rings. The molecule has 5 heteroatoms. The van der Waals surface area contributed by atoms with Gasteiger partial charge >= 0.3 is 5.97 Å². The number of hydrogen-bond acceptors (Lipinski definition) is 2. The van der Waals surface area contributed by atoms with Crippen LogP contribution in [0.2, 0.25) is 5.02 Å². The fourth-order valence-electron chi connectivity index (χ4n) is 1.39. The third-order valence-electron chi connectivity index (χ3n) is 2.25. The Morgan fingerprint density at radius 2 is 2.18 bits per heavy atom. The van der Waals surface area contributed by atoms with Crippen molar-refractivity contribution in [3.63, 3.8) is 0 Å². The Bertz CT molecular complexity index is 409. The van der Waals surface area contributed by atoms with Crippen LogP contribution in [0.5, 0.6) is 0 Å². The van der Waals surface area contributed by atoms with E-state index >= 15 is 0 Å². The molecule has 94 valence electrons. The molecule has 0 aliphatic heterocycles. The maximum Gasteiger partial charge on any atom is 0.325 e. The first-order valence-electron chi connectivity index (χ1n) is 5.33. The van der Waals surface area contributed by atoms with Crippen molar-refractivity contribution in [1.82, 2.24) is 5.32 Å². The van der Waals surface area contributed by atoms with Gasteiger partial charge < -0.3 is 10.4 Å². The molecule has 0 bridgehead atoms. The predicted molar refractivity (Wildman–Crippen MR) is 64.6 cm³/mol. The summed E-state index contributed by atoms with van der Waals surface area (Å²) in [6.07, 6.45) is 0. The van der Waals surface area contributed by atoms with Gasteiger partial charge in [0.1, 0.15) is 11.9 Å². The van der Waals surface area contributed by atoms with E-state index in [0.29, 0.717) is 18.0 Å². The molecule has 1 aromatic rings. The van der Waals surface area contributed by atoms with E-state index in [4.69, 9.17) is 16.7 Å². The second-order valence-electron chi connectivity index (χ2n) is 4.25. The van der Waals surface area contributed by atoms with E-state index in [1.165, 1.54) is 18.2 Å². The standard InChI is InChI=1S/C12H15ClFNO2/c1-7(2)6-15-11(12(16)17)8-3-4-10(14)9(13)5-8/h3-5,7,11,15H,6H2,1-2H3,(H,16,17). The van der Waals surface area contributed by atoms with Gasteiger partial charge in [0.25, 0.3) is 0 Å². The Labute approximate surface area is 105 Å². The Hall–Kier alpha value is -1.13. The molecule has 0 fully saturated rings. The van der Waals surface area contributed by atoms with Crippen molar-refractivity contribution in [1.29, 1.82) is 0 Å². The highest BCUT2D eigenvalue weighted by atomic mass is 35.5. The molecule has 0 aliphatic carbocycles. The molecule has 0 radical (unpaired) electrons. The zero-order chi connectivity index (χ0) is 13.0. The summed E-state index contributed by atoms with van der Waals surface area (Å²) in [6.45, 7) is 4.51. The van der Waals surface area contributed by atoms with E-state index in [1.807, 2.05) is 13.8 Å². The van der Waals surface area contributed by atoms with Gasteiger partial charge in [0.2, 0.25) is 0 Å². The van der Waals surface area contributed by atoms with Crippen molar-refractivity contribution in [2.24, 2.45) is 5.92 Å². The molecule has 1 unspecified atom stereocenters. The van der Waals surface area contributed by atoms with Crippen LogP contribution in [0.3, 0.4) is 0 Å². The normalized spacial score (nSPS) is 12.8. The monoisotopic (exact) mass is 259 g/mol. The molecule has 0 aromatic heterocycles. The molecular formula is C12H15ClFNO2. The van der Waals surface area contributed by atoms with Crippen molar-refractivity contribution >= 4 is 17.6 Å². The Balaban J connectivity index is 2.89. The molecule has 1 atom stereocenters. The minimum Gasteiger partial charge on any atom is -0.480 e. The van der Waals surface area contributed by atoms with Crippen LogP contribution in [0.1, 0.15) is 25.5 Å². The van der Waals surface area contributed by atoms with Crippen molar-refractivity contribution in [3.8, 4) is 0 Å². The van der Waals surface area contributed by atoms with Gasteiger partial charge in [-0.05, 0) is 30.2 Å². The lowest BCUT2D eigenvalue weighted by Gasteiger charge is -2.16. The summed E-state index contributed by atoms with van der Waals surface area (Å²) in [7, 11) is 0. The zero-order valence-electron chi connectivity index (χ0n) is 9.71. The van der Waals surface area contributed by atoms with Crippen molar-refractivity contribution in [2.45, 2.75) is 19.9 Å². The van der Waals surface area contributed by atoms with Crippen molar-refractivity contribution in [2.75, 3.05) is 6.54 Å². The Kier molecular flexibility index (Phi) is 4.90. The number of carbonyl (C=O) groups is 1. The highest BCUT2D eigenvalue weighted by Crippen LogP contribution is 2.21. The third-order valence-corrected chi connectivity index (χ3v) is 2.54. The number of halogens is 2. The molecule has 2 N–H and O–H groups in total. The zero-order valence-corrected chi connectivity index (χ0v) is 10.5. The molecule has 1 aromatic carbocycles. The minimum atomic E-state index is -1.01. The molecule has 1 rings (SSSR count). The first-order valence-corrected chi connectivity index (χ1v) is 5.70. The summed E-state index contributed by atoms with van der Waals surface area (Å²) in [6, 6.07) is 3.07. The van der Waals surface area contributed by atoms with Crippen LogP contribution in [0.25, 0.3) is 0 Å². The van der Waals surface area contributed by atoms with Crippen LogP contribution < -0.4 is 5.32 Å². The molecule has 17 heavy (non-hydrogen) atoms. The molecule has 3 nitrogen and oxygen atoms in total. The number of carboxylic acids is 1. The fraction of sp³-hybridized carbons (Fsp3) is 0.417. The van der Waals surface area contributed by atoms with E-state index in [9.17, 15) is 9.18 Å². The lowest BCUT2D eigenvalue weighted by atomic mass is 10.1. The first-order chi connectivity index (χ1) is 7.91. The van der Waals surface area contributed by atoms with E-state index < -0.39 is 17.8 Å². The Morgan fingerprint density at radius 1 is 1.53 bits per heavy atom. The van der Waals surface area contributed by atoms with Gasteiger partial charge in [-0.1, -0.05) is 31.5 Å². The van der Waals surface area contributed by atoms with Gasteiger partial charge in [0, 0.05) is 0 Å². The molecule has 0 heterocycles. The summed E-state index contributed by atoms with van der Waals surface area (Å²) in [5.74, 6) is -1.23. The van der Waals surface area contributed by atoms with Crippen molar-refractivity contribution in [3.05, 3.63) is 34.6 Å². The molecule has 0 saturated heterocycles. The highest BCUT2D eigenvalue weighted by Gasteiger charge is 2.20. The van der Waals surface area contributed by atoms with Crippen LogP contribution in [-0.4, -0.2) is 17.6 Å². The SMILES string of the molecule is CC(C)CNC(C(=O)O)c1ccc(F)c(Cl)c1. The number of rotatable bonds is 5. The van der Waals surface area contributed by atoms with E-state index in [0.717, 1.165) is 0 Å². The summed E-state index contributed by atoms with van der Waals surface area (Å²) in [4.78, 5) is 11.1. The van der Waals surface area contributed by atoms with E-state index in [1.54, 1.807) is 0 Å². The summed E-state index contributed by atoms with van der Waals surface area (Å²) in [5.41, 5.74) is 0.449. The van der Waals surface area contributed by atoms with Crippen LogP contribution in [0.4, 0.5) is 4.39 Å². The minimum absolute atomic E-state index is 0.0694. The number of carboxylic acid groups (broad SMARTS) is 1. The summed E-state index contributed by atoms with van der Waals surface area (Å²) >= 11 is 5.63. The maximum absolute atomic E-state index is 13.0. The summed E-state index contributed by atoms with van der Waals surface area (Å²) in [5, 5.41) is 11.9. The molecule has 0 saturated carbocycles. The number of hydrogen-bond donors (Lipinski definition) is 2.